The Morgan fingerprint density at radius 1 is 0.972 bits per heavy atom. The van der Waals surface area contributed by atoms with Crippen LogP contribution >= 0.6 is 11.6 Å². The molecule has 0 spiro atoms. The molecule has 10 heteroatoms. The molecular weight excluding hydrogens is 492 g/mol. The summed E-state index contributed by atoms with van der Waals surface area (Å²) in [4.78, 5) is 25.8. The van der Waals surface area contributed by atoms with Crippen LogP contribution in [0.5, 0.6) is 28.7 Å². The first kappa shape index (κ1) is 24.4. The second-order valence-corrected chi connectivity index (χ2v) is 9.22. The Morgan fingerprint density at radius 3 is 2.31 bits per heavy atom. The van der Waals surface area contributed by atoms with E-state index in [0.29, 0.717) is 35.0 Å². The summed E-state index contributed by atoms with van der Waals surface area (Å²) >= 11 is 6.88. The molecule has 1 fully saturated rings. The second-order valence-electron chi connectivity index (χ2n) is 8.84. The van der Waals surface area contributed by atoms with Gasteiger partial charge >= 0.3 is 11.9 Å². The normalized spacial score (nSPS) is 23.4. The molecule has 192 valence electrons. The van der Waals surface area contributed by atoms with E-state index in [2.05, 4.69) is 0 Å². The summed E-state index contributed by atoms with van der Waals surface area (Å²) in [6.45, 7) is 2.09. The van der Waals surface area contributed by atoms with Crippen LogP contribution in [0.25, 0.3) is 0 Å². The molecule has 2 aromatic carbocycles. The summed E-state index contributed by atoms with van der Waals surface area (Å²) in [6.07, 6.45) is 0.222. The maximum absolute atomic E-state index is 13.2. The zero-order valence-corrected chi connectivity index (χ0v) is 21.2. The lowest BCUT2D eigenvalue weighted by Crippen LogP contribution is -2.36. The molecule has 0 bridgehead atoms. The molecule has 4 atom stereocenters. The van der Waals surface area contributed by atoms with E-state index in [1.807, 2.05) is 19.1 Å². The maximum Gasteiger partial charge on any atom is 0.310 e. The molecule has 1 aliphatic carbocycles. The quantitative estimate of drug-likeness (QED) is 0.493. The van der Waals surface area contributed by atoms with Crippen LogP contribution in [-0.4, -0.2) is 46.7 Å². The highest BCUT2D eigenvalue weighted by atomic mass is 35.5. The first-order chi connectivity index (χ1) is 17.4. The third-order valence-electron chi connectivity index (χ3n) is 6.96. The van der Waals surface area contributed by atoms with Gasteiger partial charge in [0.05, 0.1) is 38.9 Å². The van der Waals surface area contributed by atoms with Crippen LogP contribution in [0.2, 0.25) is 5.02 Å². The van der Waals surface area contributed by atoms with E-state index < -0.39 is 29.8 Å². The van der Waals surface area contributed by atoms with Crippen molar-refractivity contribution in [1.29, 1.82) is 0 Å². The number of rotatable bonds is 7. The van der Waals surface area contributed by atoms with E-state index in [4.69, 9.17) is 44.8 Å². The van der Waals surface area contributed by atoms with Crippen LogP contribution in [0.15, 0.2) is 18.2 Å². The number of carbonyl (C=O) groups excluding carboxylic acids is 2. The van der Waals surface area contributed by atoms with Gasteiger partial charge in [-0.1, -0.05) is 18.5 Å². The van der Waals surface area contributed by atoms with Crippen molar-refractivity contribution in [2.75, 3.05) is 34.7 Å². The van der Waals surface area contributed by atoms with Crippen molar-refractivity contribution in [1.82, 2.24) is 0 Å². The fourth-order valence-corrected chi connectivity index (χ4v) is 5.74. The highest BCUT2D eigenvalue weighted by molar-refractivity contribution is 6.33. The van der Waals surface area contributed by atoms with Gasteiger partial charge in [0.2, 0.25) is 12.5 Å². The lowest BCUT2D eigenvalue weighted by Gasteiger charge is -2.39. The second kappa shape index (κ2) is 9.61. The van der Waals surface area contributed by atoms with Crippen molar-refractivity contribution in [3.8, 4) is 28.7 Å². The van der Waals surface area contributed by atoms with Gasteiger partial charge in [-0.15, -0.1) is 0 Å². The molecule has 0 unspecified atom stereocenters. The lowest BCUT2D eigenvalue weighted by atomic mass is 9.66. The average Bonchev–Trinajstić information content (AvgIpc) is 3.49. The molecular formula is C26H27ClO9. The summed E-state index contributed by atoms with van der Waals surface area (Å²) in [5, 5.41) is 0.281. The van der Waals surface area contributed by atoms with Gasteiger partial charge in [0, 0.05) is 23.8 Å². The van der Waals surface area contributed by atoms with Crippen LogP contribution < -0.4 is 23.7 Å². The molecule has 0 amide bonds. The number of hydrogen-bond acceptors (Lipinski definition) is 9. The summed E-state index contributed by atoms with van der Waals surface area (Å²) in [5.74, 6) is -0.281. The molecule has 0 saturated carbocycles. The molecule has 2 heterocycles. The van der Waals surface area contributed by atoms with Gasteiger partial charge in [0.15, 0.2) is 23.0 Å². The van der Waals surface area contributed by atoms with Crippen molar-refractivity contribution in [2.45, 2.75) is 31.8 Å². The van der Waals surface area contributed by atoms with Crippen LogP contribution in [-0.2, 0) is 19.1 Å². The molecule has 3 aliphatic rings. The third-order valence-corrected chi connectivity index (χ3v) is 7.35. The van der Waals surface area contributed by atoms with Crippen LogP contribution in [0, 0.1) is 11.8 Å². The predicted octanol–water partition coefficient (Wildman–Crippen LogP) is 4.41. The van der Waals surface area contributed by atoms with E-state index in [1.54, 1.807) is 6.07 Å². The highest BCUT2D eigenvalue weighted by Gasteiger charge is 2.54. The molecule has 36 heavy (non-hydrogen) atoms. The fraction of sp³-hybridized carbons (Fsp3) is 0.462. The van der Waals surface area contributed by atoms with Gasteiger partial charge in [-0.25, -0.2) is 0 Å². The van der Waals surface area contributed by atoms with Crippen LogP contribution in [0.4, 0.5) is 0 Å². The minimum Gasteiger partial charge on any atom is -0.493 e. The number of benzene rings is 2. The van der Waals surface area contributed by atoms with Crippen molar-refractivity contribution in [3.63, 3.8) is 0 Å². The van der Waals surface area contributed by atoms with E-state index in [-0.39, 0.29) is 36.6 Å². The topological polar surface area (TPSA) is 98.8 Å². The summed E-state index contributed by atoms with van der Waals surface area (Å²) in [7, 11) is 4.49. The average molecular weight is 519 g/mol. The number of fused-ring (bicyclic) bond motifs is 3. The monoisotopic (exact) mass is 518 g/mol. The first-order valence-corrected chi connectivity index (χ1v) is 12.1. The predicted molar refractivity (Wildman–Crippen MR) is 127 cm³/mol. The number of esters is 2. The molecule has 9 nitrogen and oxygen atoms in total. The molecule has 2 aromatic rings. The van der Waals surface area contributed by atoms with Gasteiger partial charge in [0.25, 0.3) is 0 Å². The zero-order chi connectivity index (χ0) is 25.6. The van der Waals surface area contributed by atoms with E-state index in [1.165, 1.54) is 21.3 Å². The van der Waals surface area contributed by atoms with Crippen molar-refractivity contribution in [3.05, 3.63) is 39.9 Å². The maximum atomic E-state index is 13.2. The fourth-order valence-electron chi connectivity index (χ4n) is 5.41. The van der Waals surface area contributed by atoms with Crippen molar-refractivity contribution in [2.24, 2.45) is 11.8 Å². The van der Waals surface area contributed by atoms with Crippen molar-refractivity contribution < 1.29 is 42.7 Å². The molecule has 0 aromatic heterocycles. The molecule has 1 saturated heterocycles. The minimum absolute atomic E-state index is 0.0724. The number of carbonyl (C=O) groups is 2. The van der Waals surface area contributed by atoms with Gasteiger partial charge in [0.1, 0.15) is 6.10 Å². The van der Waals surface area contributed by atoms with E-state index in [0.717, 1.165) is 11.1 Å². The van der Waals surface area contributed by atoms with E-state index in [9.17, 15) is 9.59 Å². The van der Waals surface area contributed by atoms with Gasteiger partial charge in [-0.3, -0.25) is 9.59 Å². The SMILES string of the molecule is CCCC(=O)O[C@@H]1c2cc3c(cc2[C@@H](c2cc(OC)c(OC)c(OC)c2Cl)[C@H]2C(=O)OC[C@@H]21)OCO3. The summed E-state index contributed by atoms with van der Waals surface area (Å²) in [5.41, 5.74) is 2.04. The Morgan fingerprint density at radius 2 is 1.67 bits per heavy atom. The van der Waals surface area contributed by atoms with Crippen LogP contribution in [0.3, 0.4) is 0 Å². The largest absolute Gasteiger partial charge is 0.493 e. The number of hydrogen-bond donors (Lipinski definition) is 0. The van der Waals surface area contributed by atoms with Crippen LogP contribution in [0.1, 0.15) is 48.5 Å². The Labute approximate surface area is 213 Å². The minimum atomic E-state index is -0.693. The Kier molecular flexibility index (Phi) is 6.51. The zero-order valence-electron chi connectivity index (χ0n) is 20.4. The van der Waals surface area contributed by atoms with Gasteiger partial charge < -0.3 is 33.2 Å². The first-order valence-electron chi connectivity index (χ1n) is 11.7. The highest BCUT2D eigenvalue weighted by Crippen LogP contribution is 2.58. The molecule has 0 radical (unpaired) electrons. The number of ether oxygens (including phenoxy) is 7. The number of halogens is 1. The Hall–Kier alpha value is -3.33. The third kappa shape index (κ3) is 3.77. The Balaban J connectivity index is 1.75. The van der Waals surface area contributed by atoms with E-state index >= 15 is 0 Å². The summed E-state index contributed by atoms with van der Waals surface area (Å²) in [6, 6.07) is 5.39. The molecule has 2 aliphatic heterocycles. The smallest absolute Gasteiger partial charge is 0.310 e. The molecule has 5 rings (SSSR count). The standard InChI is InChI=1S/C26H27ClO9/c1-5-6-19(28)36-23-13-8-17-16(34-11-35-17)7-12(13)20(21-15(23)10-33-26(21)29)14-9-18(30-2)24(31-3)25(32-4)22(14)27/h7-9,15,20-21,23H,5-6,10-11H2,1-4H3/t15-,20-,21-,23+/m0/s1. The number of methoxy groups -OCH3 is 3. The summed E-state index contributed by atoms with van der Waals surface area (Å²) < 4.78 is 39.4. The van der Waals surface area contributed by atoms with Gasteiger partial charge in [-0.2, -0.15) is 0 Å². The number of cyclic esters (lactones) is 1. The Bertz CT molecular complexity index is 1210. The van der Waals surface area contributed by atoms with Crippen molar-refractivity contribution >= 4 is 23.5 Å². The van der Waals surface area contributed by atoms with Gasteiger partial charge in [-0.05, 0) is 35.7 Å². The molecule has 0 N–H and O–H groups in total. The lowest BCUT2D eigenvalue weighted by molar-refractivity contribution is -0.154.